The van der Waals surface area contributed by atoms with E-state index in [1.165, 1.54) is 0 Å². The van der Waals surface area contributed by atoms with Crippen LogP contribution in [0.2, 0.25) is 0 Å². The van der Waals surface area contributed by atoms with E-state index in [0.29, 0.717) is 11.5 Å². The normalized spacial score (nSPS) is 10.6. The van der Waals surface area contributed by atoms with Gasteiger partial charge in [-0.25, -0.2) is 4.79 Å². The highest BCUT2D eigenvalue weighted by molar-refractivity contribution is 9.10. The summed E-state index contributed by atoms with van der Waals surface area (Å²) < 4.78 is 12.1. The maximum atomic E-state index is 12.2. The first kappa shape index (κ1) is 16.5. The van der Waals surface area contributed by atoms with Crippen LogP contribution in [0, 0.1) is 13.8 Å². The van der Waals surface area contributed by atoms with Gasteiger partial charge in [-0.15, -0.1) is 0 Å². The number of hydrogen-bond acceptors (Lipinski definition) is 3. The number of fused-ring (bicyclic) bond motifs is 1. The first-order valence-electron chi connectivity index (χ1n) is 7.62. The Labute approximate surface area is 149 Å². The summed E-state index contributed by atoms with van der Waals surface area (Å²) in [4.78, 5) is 12.2. The zero-order valence-corrected chi connectivity index (χ0v) is 15.1. The van der Waals surface area contributed by atoms with E-state index in [4.69, 9.17) is 9.47 Å². The van der Waals surface area contributed by atoms with Crippen LogP contribution in [0.5, 0.6) is 11.5 Å². The van der Waals surface area contributed by atoms with Gasteiger partial charge in [-0.3, -0.25) is 0 Å². The molecule has 0 atom stereocenters. The molecule has 4 heteroatoms. The van der Waals surface area contributed by atoms with Gasteiger partial charge in [-0.1, -0.05) is 52.3 Å². The molecule has 3 rings (SSSR count). The smallest absolute Gasteiger partial charge is 0.349 e. The van der Waals surface area contributed by atoms with Crippen LogP contribution in [-0.4, -0.2) is 12.6 Å². The van der Waals surface area contributed by atoms with Gasteiger partial charge in [0.15, 0.2) is 6.61 Å². The average Bonchev–Trinajstić information content (AvgIpc) is 2.58. The van der Waals surface area contributed by atoms with Gasteiger partial charge in [0.25, 0.3) is 0 Å². The third-order valence-corrected chi connectivity index (χ3v) is 4.44. The number of carbonyl (C=O) groups is 1. The summed E-state index contributed by atoms with van der Waals surface area (Å²) in [6, 6.07) is 17.3. The van der Waals surface area contributed by atoms with Crippen LogP contribution in [0.15, 0.2) is 59.1 Å². The van der Waals surface area contributed by atoms with Crippen LogP contribution < -0.4 is 9.47 Å². The fourth-order valence-electron chi connectivity index (χ4n) is 2.48. The molecule has 0 aromatic heterocycles. The van der Waals surface area contributed by atoms with Gasteiger partial charge in [-0.2, -0.15) is 0 Å². The SMILES string of the molecule is Cc1ccc(C)c(OCC(=O)Oc2ccc(Br)c3ccccc23)c1. The third kappa shape index (κ3) is 3.60. The minimum atomic E-state index is -0.427. The molecule has 3 aromatic rings. The molecule has 3 aromatic carbocycles. The molecule has 0 aliphatic rings. The van der Waals surface area contributed by atoms with E-state index in [9.17, 15) is 4.79 Å². The standard InChI is InChI=1S/C20H17BrO3/c1-13-7-8-14(2)19(11-13)23-12-20(22)24-18-10-9-17(21)15-5-3-4-6-16(15)18/h3-11H,12H2,1-2H3. The Bertz CT molecular complexity index is 903. The fourth-order valence-corrected chi connectivity index (χ4v) is 2.95. The van der Waals surface area contributed by atoms with Crippen molar-refractivity contribution in [3.05, 3.63) is 70.2 Å². The molecule has 0 saturated carbocycles. The lowest BCUT2D eigenvalue weighted by molar-refractivity contribution is -0.136. The summed E-state index contributed by atoms with van der Waals surface area (Å²) in [5.74, 6) is 0.805. The van der Waals surface area contributed by atoms with Crippen molar-refractivity contribution in [1.82, 2.24) is 0 Å². The minimum absolute atomic E-state index is 0.130. The summed E-state index contributed by atoms with van der Waals surface area (Å²) in [6.45, 7) is 3.80. The number of hydrogen-bond donors (Lipinski definition) is 0. The molecule has 0 amide bonds. The van der Waals surface area contributed by atoms with Crippen LogP contribution >= 0.6 is 15.9 Å². The van der Waals surface area contributed by atoms with Crippen molar-refractivity contribution in [2.45, 2.75) is 13.8 Å². The van der Waals surface area contributed by atoms with Gasteiger partial charge in [0.2, 0.25) is 0 Å². The largest absolute Gasteiger partial charge is 0.482 e. The van der Waals surface area contributed by atoms with Gasteiger partial charge < -0.3 is 9.47 Å². The Morgan fingerprint density at radius 2 is 1.71 bits per heavy atom. The third-order valence-electron chi connectivity index (χ3n) is 3.74. The maximum absolute atomic E-state index is 12.2. The molecule has 3 nitrogen and oxygen atoms in total. The summed E-state index contributed by atoms with van der Waals surface area (Å²) in [7, 11) is 0. The van der Waals surface area contributed by atoms with Crippen LogP contribution in [0.25, 0.3) is 10.8 Å². The average molecular weight is 385 g/mol. The Hall–Kier alpha value is -2.33. The molecule has 0 heterocycles. The number of esters is 1. The molecule has 0 bridgehead atoms. The lowest BCUT2D eigenvalue weighted by Gasteiger charge is -2.11. The van der Waals surface area contributed by atoms with Crippen molar-refractivity contribution in [3.63, 3.8) is 0 Å². The van der Waals surface area contributed by atoms with E-state index in [2.05, 4.69) is 15.9 Å². The van der Waals surface area contributed by atoms with Crippen LogP contribution in [-0.2, 0) is 4.79 Å². The van der Waals surface area contributed by atoms with Gasteiger partial charge in [0.05, 0.1) is 0 Å². The quantitative estimate of drug-likeness (QED) is 0.457. The molecule has 24 heavy (non-hydrogen) atoms. The molecular weight excluding hydrogens is 368 g/mol. The van der Waals surface area contributed by atoms with E-state index in [1.807, 2.05) is 62.4 Å². The number of halogens is 1. The second-order valence-electron chi connectivity index (χ2n) is 5.62. The lowest BCUT2D eigenvalue weighted by Crippen LogP contribution is -2.18. The van der Waals surface area contributed by atoms with Gasteiger partial charge >= 0.3 is 5.97 Å². The summed E-state index contributed by atoms with van der Waals surface area (Å²) >= 11 is 3.51. The van der Waals surface area contributed by atoms with Crippen LogP contribution in [0.1, 0.15) is 11.1 Å². The van der Waals surface area contributed by atoms with E-state index < -0.39 is 5.97 Å². The van der Waals surface area contributed by atoms with Gasteiger partial charge in [0, 0.05) is 9.86 Å². The fraction of sp³-hybridized carbons (Fsp3) is 0.150. The number of ether oxygens (including phenoxy) is 2. The zero-order valence-electron chi connectivity index (χ0n) is 13.5. The van der Waals surface area contributed by atoms with E-state index in [0.717, 1.165) is 26.4 Å². The minimum Gasteiger partial charge on any atom is -0.482 e. The molecule has 0 aliphatic heterocycles. The second kappa shape index (κ2) is 7.05. The lowest BCUT2D eigenvalue weighted by atomic mass is 10.1. The molecule has 0 unspecified atom stereocenters. The predicted molar refractivity (Wildman–Crippen MR) is 98.7 cm³/mol. The summed E-state index contributed by atoms with van der Waals surface area (Å²) in [6.07, 6.45) is 0. The Morgan fingerprint density at radius 1 is 0.958 bits per heavy atom. The number of rotatable bonds is 4. The predicted octanol–water partition coefficient (Wildman–Crippen LogP) is 5.20. The van der Waals surface area contributed by atoms with Gasteiger partial charge in [-0.05, 0) is 48.6 Å². The van der Waals surface area contributed by atoms with Crippen LogP contribution in [0.3, 0.4) is 0 Å². The zero-order chi connectivity index (χ0) is 17.1. The van der Waals surface area contributed by atoms with Crippen molar-refractivity contribution < 1.29 is 14.3 Å². The first-order chi connectivity index (χ1) is 11.5. The first-order valence-corrected chi connectivity index (χ1v) is 8.42. The van der Waals surface area contributed by atoms with Gasteiger partial charge in [0.1, 0.15) is 11.5 Å². The van der Waals surface area contributed by atoms with Crippen molar-refractivity contribution in [3.8, 4) is 11.5 Å². The molecule has 0 aliphatic carbocycles. The molecule has 0 spiro atoms. The van der Waals surface area contributed by atoms with Crippen molar-refractivity contribution in [2.75, 3.05) is 6.61 Å². The number of carbonyl (C=O) groups excluding carboxylic acids is 1. The Morgan fingerprint density at radius 3 is 2.50 bits per heavy atom. The Kier molecular flexibility index (Phi) is 4.86. The molecular formula is C20H17BrO3. The molecule has 0 N–H and O–H groups in total. The van der Waals surface area contributed by atoms with E-state index >= 15 is 0 Å². The van der Waals surface area contributed by atoms with E-state index in [-0.39, 0.29) is 6.61 Å². The molecule has 0 saturated heterocycles. The van der Waals surface area contributed by atoms with Crippen molar-refractivity contribution in [2.24, 2.45) is 0 Å². The maximum Gasteiger partial charge on any atom is 0.349 e. The highest BCUT2D eigenvalue weighted by atomic mass is 79.9. The summed E-state index contributed by atoms with van der Waals surface area (Å²) in [5.41, 5.74) is 2.07. The van der Waals surface area contributed by atoms with Crippen molar-refractivity contribution >= 4 is 32.7 Å². The summed E-state index contributed by atoms with van der Waals surface area (Å²) in [5, 5.41) is 1.88. The number of benzene rings is 3. The molecule has 122 valence electrons. The topological polar surface area (TPSA) is 35.5 Å². The Balaban J connectivity index is 1.74. The second-order valence-corrected chi connectivity index (χ2v) is 6.48. The monoisotopic (exact) mass is 384 g/mol. The highest BCUT2D eigenvalue weighted by Crippen LogP contribution is 2.31. The number of aryl methyl sites for hydroxylation is 2. The highest BCUT2D eigenvalue weighted by Gasteiger charge is 2.11. The van der Waals surface area contributed by atoms with Crippen molar-refractivity contribution in [1.29, 1.82) is 0 Å². The molecule has 0 radical (unpaired) electrons. The van der Waals surface area contributed by atoms with E-state index in [1.54, 1.807) is 6.07 Å². The van der Waals surface area contributed by atoms with Crippen LogP contribution in [0.4, 0.5) is 0 Å². The molecule has 0 fully saturated rings.